The molecule has 0 saturated heterocycles. The monoisotopic (exact) mass is 262 g/mol. The first-order valence-electron chi connectivity index (χ1n) is 6.84. The Balaban J connectivity index is 2.12. The Bertz CT molecular complexity index is 459. The van der Waals surface area contributed by atoms with Gasteiger partial charge in [0.2, 0.25) is 0 Å². The highest BCUT2D eigenvalue weighted by molar-refractivity contribution is 5.91. The van der Waals surface area contributed by atoms with Gasteiger partial charge in [0.1, 0.15) is 0 Å². The van der Waals surface area contributed by atoms with E-state index in [4.69, 9.17) is 10.5 Å². The molecular weight excluding hydrogens is 240 g/mol. The number of carbonyl (C=O) groups excluding carboxylic acids is 1. The minimum atomic E-state index is -0.333. The second kappa shape index (κ2) is 5.95. The van der Waals surface area contributed by atoms with Crippen LogP contribution in [0.1, 0.15) is 43.0 Å². The largest absolute Gasteiger partial charge is 0.465 e. The van der Waals surface area contributed by atoms with E-state index in [1.165, 1.54) is 20.0 Å². The van der Waals surface area contributed by atoms with Crippen LogP contribution in [0.15, 0.2) is 18.2 Å². The Morgan fingerprint density at radius 2 is 2.21 bits per heavy atom. The van der Waals surface area contributed by atoms with E-state index in [1.807, 2.05) is 0 Å². The molecular formula is C15H22N2O2. The highest BCUT2D eigenvalue weighted by atomic mass is 16.5. The van der Waals surface area contributed by atoms with Crippen molar-refractivity contribution < 1.29 is 9.53 Å². The smallest absolute Gasteiger partial charge is 0.337 e. The van der Waals surface area contributed by atoms with Crippen LogP contribution in [-0.4, -0.2) is 19.1 Å². The van der Waals surface area contributed by atoms with Crippen molar-refractivity contribution in [1.82, 2.24) is 0 Å². The Kier molecular flexibility index (Phi) is 4.30. The normalized spacial score (nSPS) is 22.8. The molecule has 1 aliphatic carbocycles. The summed E-state index contributed by atoms with van der Waals surface area (Å²) in [5.74, 6) is 0.413. The number of anilines is 2. The molecule has 2 unspecified atom stereocenters. The fourth-order valence-corrected chi connectivity index (χ4v) is 2.71. The van der Waals surface area contributed by atoms with Crippen molar-refractivity contribution in [3.63, 3.8) is 0 Å². The summed E-state index contributed by atoms with van der Waals surface area (Å²) in [5.41, 5.74) is 8.01. The van der Waals surface area contributed by atoms with Crippen LogP contribution in [0.2, 0.25) is 0 Å². The number of rotatable bonds is 3. The van der Waals surface area contributed by atoms with Crippen LogP contribution in [-0.2, 0) is 4.74 Å². The van der Waals surface area contributed by atoms with Crippen molar-refractivity contribution in [2.24, 2.45) is 5.92 Å². The lowest BCUT2D eigenvalue weighted by molar-refractivity contribution is 0.0601. The lowest BCUT2D eigenvalue weighted by Gasteiger charge is -2.28. The van der Waals surface area contributed by atoms with E-state index < -0.39 is 0 Å². The molecule has 0 spiro atoms. The summed E-state index contributed by atoms with van der Waals surface area (Å²) >= 11 is 0. The van der Waals surface area contributed by atoms with Crippen LogP contribution in [0.5, 0.6) is 0 Å². The molecule has 0 amide bonds. The van der Waals surface area contributed by atoms with E-state index in [0.29, 0.717) is 17.3 Å². The number of nitrogen functional groups attached to an aromatic ring is 1. The molecule has 0 aromatic heterocycles. The Labute approximate surface area is 114 Å². The van der Waals surface area contributed by atoms with Gasteiger partial charge in [-0.25, -0.2) is 4.79 Å². The molecule has 0 radical (unpaired) electrons. The van der Waals surface area contributed by atoms with Crippen molar-refractivity contribution in [1.29, 1.82) is 0 Å². The molecule has 0 heterocycles. The zero-order valence-electron chi connectivity index (χ0n) is 11.6. The second-order valence-electron chi connectivity index (χ2n) is 5.41. The number of nitrogens with one attached hydrogen (secondary N) is 1. The van der Waals surface area contributed by atoms with Gasteiger partial charge in [0.05, 0.1) is 24.0 Å². The zero-order chi connectivity index (χ0) is 13.8. The van der Waals surface area contributed by atoms with Crippen LogP contribution >= 0.6 is 0 Å². The fourth-order valence-electron chi connectivity index (χ4n) is 2.71. The van der Waals surface area contributed by atoms with Crippen LogP contribution in [0, 0.1) is 5.92 Å². The molecule has 0 aliphatic heterocycles. The zero-order valence-corrected chi connectivity index (χ0v) is 11.6. The summed E-state index contributed by atoms with van der Waals surface area (Å²) in [6, 6.07) is 5.66. The van der Waals surface area contributed by atoms with Crippen LogP contribution in [0.3, 0.4) is 0 Å². The molecule has 104 valence electrons. The molecule has 4 heteroatoms. The average Bonchev–Trinajstić information content (AvgIpc) is 2.40. The van der Waals surface area contributed by atoms with E-state index in [9.17, 15) is 4.79 Å². The maximum Gasteiger partial charge on any atom is 0.337 e. The van der Waals surface area contributed by atoms with Crippen LogP contribution < -0.4 is 11.1 Å². The molecule has 1 aromatic carbocycles. The predicted octanol–water partition coefficient (Wildman–Crippen LogP) is 3.05. The fraction of sp³-hybridized carbons (Fsp3) is 0.533. The molecule has 1 fully saturated rings. The van der Waals surface area contributed by atoms with Crippen molar-refractivity contribution in [2.75, 3.05) is 18.2 Å². The quantitative estimate of drug-likeness (QED) is 0.649. The van der Waals surface area contributed by atoms with Gasteiger partial charge in [0, 0.05) is 6.04 Å². The van der Waals surface area contributed by atoms with E-state index in [0.717, 1.165) is 24.4 Å². The third kappa shape index (κ3) is 3.40. The minimum Gasteiger partial charge on any atom is -0.465 e. The molecule has 0 bridgehead atoms. The van der Waals surface area contributed by atoms with Gasteiger partial charge in [-0.15, -0.1) is 0 Å². The second-order valence-corrected chi connectivity index (χ2v) is 5.41. The first kappa shape index (κ1) is 13.7. The number of hydrogen-bond donors (Lipinski definition) is 2. The molecule has 19 heavy (non-hydrogen) atoms. The summed E-state index contributed by atoms with van der Waals surface area (Å²) in [5, 5.41) is 3.47. The SMILES string of the molecule is COC(=O)c1ccc(N)c(NC2CCCC(C)C2)c1. The maximum absolute atomic E-state index is 11.5. The van der Waals surface area contributed by atoms with Crippen molar-refractivity contribution in [2.45, 2.75) is 38.6 Å². The standard InChI is InChI=1S/C15H22N2O2/c1-10-4-3-5-12(8-10)17-14-9-11(15(18)19-2)6-7-13(14)16/h6-7,9-10,12,17H,3-5,8,16H2,1-2H3. The van der Waals surface area contributed by atoms with E-state index >= 15 is 0 Å². The Morgan fingerprint density at radius 1 is 1.42 bits per heavy atom. The maximum atomic E-state index is 11.5. The van der Waals surface area contributed by atoms with E-state index in [1.54, 1.807) is 18.2 Å². The van der Waals surface area contributed by atoms with E-state index in [2.05, 4.69) is 12.2 Å². The van der Waals surface area contributed by atoms with Crippen LogP contribution in [0.25, 0.3) is 0 Å². The van der Waals surface area contributed by atoms with Gasteiger partial charge in [-0.2, -0.15) is 0 Å². The first-order chi connectivity index (χ1) is 9.10. The number of ether oxygens (including phenoxy) is 1. The van der Waals surface area contributed by atoms with Gasteiger partial charge in [-0.1, -0.05) is 19.8 Å². The number of hydrogen-bond acceptors (Lipinski definition) is 4. The van der Waals surface area contributed by atoms with E-state index in [-0.39, 0.29) is 5.97 Å². The Morgan fingerprint density at radius 3 is 2.89 bits per heavy atom. The summed E-state index contributed by atoms with van der Waals surface area (Å²) < 4.78 is 4.73. The molecule has 1 aromatic rings. The average molecular weight is 262 g/mol. The summed E-state index contributed by atoms with van der Waals surface area (Å²) in [7, 11) is 1.38. The molecule has 3 N–H and O–H groups in total. The highest BCUT2D eigenvalue weighted by Gasteiger charge is 2.19. The molecule has 2 atom stereocenters. The minimum absolute atomic E-state index is 0.333. The van der Waals surface area contributed by atoms with Gasteiger partial charge in [-0.3, -0.25) is 0 Å². The number of benzene rings is 1. The van der Waals surface area contributed by atoms with Gasteiger partial charge in [0.25, 0.3) is 0 Å². The third-order valence-corrected chi connectivity index (χ3v) is 3.77. The van der Waals surface area contributed by atoms with Crippen molar-refractivity contribution in [3.8, 4) is 0 Å². The number of nitrogens with two attached hydrogens (primary N) is 1. The van der Waals surface area contributed by atoms with Gasteiger partial charge in [0.15, 0.2) is 0 Å². The van der Waals surface area contributed by atoms with Gasteiger partial charge >= 0.3 is 5.97 Å². The molecule has 2 rings (SSSR count). The van der Waals surface area contributed by atoms with Crippen molar-refractivity contribution in [3.05, 3.63) is 23.8 Å². The first-order valence-corrected chi connectivity index (χ1v) is 6.84. The highest BCUT2D eigenvalue weighted by Crippen LogP contribution is 2.28. The van der Waals surface area contributed by atoms with Gasteiger partial charge in [-0.05, 0) is 37.0 Å². The Hall–Kier alpha value is -1.71. The third-order valence-electron chi connectivity index (χ3n) is 3.77. The summed E-state index contributed by atoms with van der Waals surface area (Å²) in [6.45, 7) is 2.28. The molecule has 1 saturated carbocycles. The lowest BCUT2D eigenvalue weighted by Crippen LogP contribution is -2.26. The lowest BCUT2D eigenvalue weighted by atomic mass is 9.87. The predicted molar refractivity (Wildman–Crippen MR) is 77.2 cm³/mol. The number of carbonyl (C=O) groups is 1. The summed E-state index contributed by atoms with van der Waals surface area (Å²) in [6.07, 6.45) is 4.86. The summed E-state index contributed by atoms with van der Waals surface area (Å²) in [4.78, 5) is 11.5. The molecule has 4 nitrogen and oxygen atoms in total. The molecule has 1 aliphatic rings. The van der Waals surface area contributed by atoms with Gasteiger partial charge < -0.3 is 15.8 Å². The number of methoxy groups -OCH3 is 1. The van der Waals surface area contributed by atoms with Crippen molar-refractivity contribution >= 4 is 17.3 Å². The topological polar surface area (TPSA) is 64.3 Å². The number of esters is 1. The van der Waals surface area contributed by atoms with Crippen LogP contribution in [0.4, 0.5) is 11.4 Å².